The maximum Gasteiger partial charge on any atom is 0.147 e. The molecule has 1 saturated heterocycles. The first-order chi connectivity index (χ1) is 9.35. The van der Waals surface area contributed by atoms with Crippen LogP contribution in [0, 0.1) is 5.92 Å². The van der Waals surface area contributed by atoms with Gasteiger partial charge in [0.2, 0.25) is 0 Å². The Hall–Kier alpha value is -1.20. The molecule has 5 nitrogen and oxygen atoms in total. The van der Waals surface area contributed by atoms with Crippen LogP contribution < -0.4 is 10.2 Å². The molecule has 19 heavy (non-hydrogen) atoms. The van der Waals surface area contributed by atoms with Crippen molar-refractivity contribution in [2.45, 2.75) is 19.4 Å². The SMILES string of the molecule is CNCc1cnc(N2CCN(CC3CC3)CC2)cn1. The van der Waals surface area contributed by atoms with Gasteiger partial charge in [-0.05, 0) is 25.8 Å². The molecule has 1 aromatic heterocycles. The third-order valence-electron chi connectivity index (χ3n) is 3.96. The van der Waals surface area contributed by atoms with Gasteiger partial charge in [-0.3, -0.25) is 9.88 Å². The lowest BCUT2D eigenvalue weighted by Gasteiger charge is -2.35. The van der Waals surface area contributed by atoms with Crippen LogP contribution >= 0.6 is 0 Å². The summed E-state index contributed by atoms with van der Waals surface area (Å²) < 4.78 is 0. The second kappa shape index (κ2) is 5.84. The molecule has 1 aliphatic heterocycles. The van der Waals surface area contributed by atoms with Crippen LogP contribution in [0.15, 0.2) is 12.4 Å². The van der Waals surface area contributed by atoms with Crippen LogP contribution in [0.2, 0.25) is 0 Å². The minimum absolute atomic E-state index is 0.780. The van der Waals surface area contributed by atoms with Gasteiger partial charge >= 0.3 is 0 Å². The highest BCUT2D eigenvalue weighted by Gasteiger charge is 2.26. The van der Waals surface area contributed by atoms with Crippen molar-refractivity contribution in [1.29, 1.82) is 0 Å². The predicted octanol–water partition coefficient (Wildman–Crippen LogP) is 0.728. The molecule has 0 atom stereocenters. The largest absolute Gasteiger partial charge is 0.353 e. The Labute approximate surface area is 115 Å². The minimum Gasteiger partial charge on any atom is -0.353 e. The molecule has 1 aromatic rings. The maximum atomic E-state index is 4.52. The average molecular weight is 261 g/mol. The van der Waals surface area contributed by atoms with E-state index in [0.29, 0.717) is 0 Å². The van der Waals surface area contributed by atoms with E-state index in [1.54, 1.807) is 0 Å². The molecule has 0 spiro atoms. The standard InChI is InChI=1S/C14H23N5/c1-15-8-13-9-17-14(10-16-13)19-6-4-18(5-7-19)11-12-2-3-12/h9-10,12,15H,2-8,11H2,1H3. The van der Waals surface area contributed by atoms with Crippen LogP contribution in [0.1, 0.15) is 18.5 Å². The smallest absolute Gasteiger partial charge is 0.147 e. The number of nitrogens with zero attached hydrogens (tertiary/aromatic N) is 4. The highest BCUT2D eigenvalue weighted by atomic mass is 15.3. The van der Waals surface area contributed by atoms with Crippen LogP contribution in [0.25, 0.3) is 0 Å². The third-order valence-corrected chi connectivity index (χ3v) is 3.96. The molecular formula is C14H23N5. The molecule has 2 fully saturated rings. The van der Waals surface area contributed by atoms with E-state index in [1.807, 2.05) is 19.4 Å². The number of nitrogens with one attached hydrogen (secondary N) is 1. The van der Waals surface area contributed by atoms with Crippen LogP contribution in [0.3, 0.4) is 0 Å². The zero-order valence-corrected chi connectivity index (χ0v) is 11.7. The molecule has 104 valence electrons. The van der Waals surface area contributed by atoms with Crippen LogP contribution in [-0.4, -0.2) is 54.6 Å². The fourth-order valence-electron chi connectivity index (χ4n) is 2.61. The number of piperazine rings is 1. The van der Waals surface area contributed by atoms with E-state index in [1.165, 1.54) is 19.4 Å². The summed E-state index contributed by atoms with van der Waals surface area (Å²) in [7, 11) is 1.93. The van der Waals surface area contributed by atoms with Crippen molar-refractivity contribution in [3.63, 3.8) is 0 Å². The number of aromatic nitrogens is 2. The Morgan fingerprint density at radius 2 is 1.95 bits per heavy atom. The molecule has 0 bridgehead atoms. The molecule has 0 amide bonds. The average Bonchev–Trinajstić information content (AvgIpc) is 3.25. The zero-order valence-electron chi connectivity index (χ0n) is 11.7. The maximum absolute atomic E-state index is 4.52. The van der Waals surface area contributed by atoms with Crippen molar-refractivity contribution in [2.24, 2.45) is 5.92 Å². The van der Waals surface area contributed by atoms with Gasteiger partial charge in [0.15, 0.2) is 0 Å². The first-order valence-electron chi connectivity index (χ1n) is 7.28. The van der Waals surface area contributed by atoms with Crippen LogP contribution in [0.4, 0.5) is 5.82 Å². The van der Waals surface area contributed by atoms with Crippen molar-refractivity contribution in [3.8, 4) is 0 Å². The van der Waals surface area contributed by atoms with Crippen LogP contribution in [-0.2, 0) is 6.54 Å². The normalized spacial score (nSPS) is 20.8. The number of anilines is 1. The molecule has 0 aromatic carbocycles. The summed E-state index contributed by atoms with van der Waals surface area (Å²) in [6, 6.07) is 0. The third kappa shape index (κ3) is 3.42. The van der Waals surface area contributed by atoms with Crippen molar-refractivity contribution < 1.29 is 0 Å². The summed E-state index contributed by atoms with van der Waals surface area (Å²) in [5.74, 6) is 2.01. The lowest BCUT2D eigenvalue weighted by molar-refractivity contribution is 0.247. The summed E-state index contributed by atoms with van der Waals surface area (Å²) in [6.07, 6.45) is 6.67. The van der Waals surface area contributed by atoms with E-state index in [4.69, 9.17) is 0 Å². The van der Waals surface area contributed by atoms with Crippen molar-refractivity contribution in [3.05, 3.63) is 18.1 Å². The summed E-state index contributed by atoms with van der Waals surface area (Å²) in [6.45, 7) is 6.56. The molecular weight excluding hydrogens is 238 g/mol. The second-order valence-corrected chi connectivity index (χ2v) is 5.63. The van der Waals surface area contributed by atoms with Crippen molar-refractivity contribution in [2.75, 3.05) is 44.7 Å². The minimum atomic E-state index is 0.780. The molecule has 2 heterocycles. The van der Waals surface area contributed by atoms with Gasteiger partial charge in [-0.25, -0.2) is 4.98 Å². The molecule has 1 aliphatic carbocycles. The second-order valence-electron chi connectivity index (χ2n) is 5.63. The first kappa shape index (κ1) is 12.8. The van der Waals surface area contributed by atoms with E-state index < -0.39 is 0 Å². The van der Waals surface area contributed by atoms with E-state index in [9.17, 15) is 0 Å². The highest BCUT2D eigenvalue weighted by molar-refractivity contribution is 5.36. The molecule has 0 radical (unpaired) electrons. The lowest BCUT2D eigenvalue weighted by Crippen LogP contribution is -2.47. The first-order valence-corrected chi connectivity index (χ1v) is 7.28. The van der Waals surface area contributed by atoms with E-state index in [0.717, 1.165) is 50.2 Å². The van der Waals surface area contributed by atoms with E-state index in [-0.39, 0.29) is 0 Å². The van der Waals surface area contributed by atoms with E-state index >= 15 is 0 Å². The Kier molecular flexibility index (Phi) is 3.94. The van der Waals surface area contributed by atoms with Gasteiger partial charge < -0.3 is 10.2 Å². The van der Waals surface area contributed by atoms with E-state index in [2.05, 4.69) is 25.1 Å². The van der Waals surface area contributed by atoms with Gasteiger partial charge in [-0.15, -0.1) is 0 Å². The molecule has 3 rings (SSSR count). The number of hydrogen-bond donors (Lipinski definition) is 1. The monoisotopic (exact) mass is 261 g/mol. The Morgan fingerprint density at radius 3 is 2.53 bits per heavy atom. The van der Waals surface area contributed by atoms with Gasteiger partial charge in [-0.1, -0.05) is 0 Å². The van der Waals surface area contributed by atoms with Gasteiger partial charge in [0.05, 0.1) is 18.1 Å². The molecule has 2 aliphatic rings. The number of hydrogen-bond acceptors (Lipinski definition) is 5. The van der Waals surface area contributed by atoms with Gasteiger partial charge in [0.1, 0.15) is 5.82 Å². The molecule has 1 N–H and O–H groups in total. The van der Waals surface area contributed by atoms with Gasteiger partial charge in [-0.2, -0.15) is 0 Å². The molecule has 1 saturated carbocycles. The summed E-state index contributed by atoms with van der Waals surface area (Å²) in [5.41, 5.74) is 0.999. The Bertz CT molecular complexity index is 393. The quantitative estimate of drug-likeness (QED) is 0.846. The zero-order chi connectivity index (χ0) is 13.1. The Morgan fingerprint density at radius 1 is 1.16 bits per heavy atom. The van der Waals surface area contributed by atoms with Gasteiger partial charge in [0.25, 0.3) is 0 Å². The lowest BCUT2D eigenvalue weighted by atomic mass is 10.3. The van der Waals surface area contributed by atoms with Crippen molar-refractivity contribution >= 4 is 5.82 Å². The van der Waals surface area contributed by atoms with Gasteiger partial charge in [0, 0.05) is 39.3 Å². The fourth-order valence-corrected chi connectivity index (χ4v) is 2.61. The molecule has 0 unspecified atom stereocenters. The fraction of sp³-hybridized carbons (Fsp3) is 0.714. The number of rotatable bonds is 5. The molecule has 5 heteroatoms. The van der Waals surface area contributed by atoms with Crippen molar-refractivity contribution in [1.82, 2.24) is 20.2 Å². The van der Waals surface area contributed by atoms with Crippen LogP contribution in [0.5, 0.6) is 0 Å². The summed E-state index contributed by atoms with van der Waals surface area (Å²) in [4.78, 5) is 13.9. The topological polar surface area (TPSA) is 44.3 Å². The summed E-state index contributed by atoms with van der Waals surface area (Å²) >= 11 is 0. The Balaban J connectivity index is 1.52. The highest BCUT2D eigenvalue weighted by Crippen LogP contribution is 2.30. The predicted molar refractivity (Wildman–Crippen MR) is 76.2 cm³/mol. The summed E-state index contributed by atoms with van der Waals surface area (Å²) in [5, 5.41) is 3.09.